The molecule has 15 heavy (non-hydrogen) atoms. The van der Waals surface area contributed by atoms with Crippen LogP contribution in [0.4, 0.5) is 0 Å². The van der Waals surface area contributed by atoms with Crippen molar-refractivity contribution in [2.75, 3.05) is 6.61 Å². The van der Waals surface area contributed by atoms with Crippen LogP contribution in [-0.4, -0.2) is 16.8 Å². The number of nitrogens with zero attached hydrogens (tertiary/aromatic N) is 1. The van der Waals surface area contributed by atoms with Gasteiger partial charge >= 0.3 is 0 Å². The summed E-state index contributed by atoms with van der Waals surface area (Å²) in [7, 11) is 0. The molecule has 0 saturated heterocycles. The van der Waals surface area contributed by atoms with Gasteiger partial charge in [0.2, 0.25) is 0 Å². The van der Waals surface area contributed by atoms with Crippen molar-refractivity contribution in [3.8, 4) is 0 Å². The molecule has 0 amide bonds. The number of allylic oxidation sites excluding steroid dienone is 2. The van der Waals surface area contributed by atoms with Gasteiger partial charge in [-0.25, -0.2) is 5.32 Å². The fraction of sp³-hybridized carbons (Fsp3) is 0.545. The maximum absolute atomic E-state index is 9.07. The summed E-state index contributed by atoms with van der Waals surface area (Å²) in [5.74, 6) is 0.606. The highest BCUT2D eigenvalue weighted by Gasteiger charge is 2.19. The lowest BCUT2D eigenvalue weighted by Gasteiger charge is -2.21. The number of aliphatic hydroxyl groups excluding tert-OH is 1. The molecule has 0 aromatic heterocycles. The van der Waals surface area contributed by atoms with E-state index >= 15 is 0 Å². The zero-order valence-corrected chi connectivity index (χ0v) is 9.39. The minimum atomic E-state index is 0.198. The van der Waals surface area contributed by atoms with Crippen LogP contribution in [0.3, 0.4) is 0 Å². The van der Waals surface area contributed by atoms with Gasteiger partial charge < -0.3 is 10.4 Å². The minimum absolute atomic E-state index is 0.198. The molecule has 81 valence electrons. The van der Waals surface area contributed by atoms with Gasteiger partial charge in [-0.3, -0.25) is 0 Å². The van der Waals surface area contributed by atoms with Crippen LogP contribution in [0.5, 0.6) is 0 Å². The van der Waals surface area contributed by atoms with E-state index in [0.717, 1.165) is 25.0 Å². The van der Waals surface area contributed by atoms with Crippen molar-refractivity contribution >= 4 is 17.3 Å². The Balaban J connectivity index is 1.86. The predicted octanol–water partition coefficient (Wildman–Crippen LogP) is 1.43. The molecule has 2 aliphatic rings. The first-order valence-electron chi connectivity index (χ1n) is 5.28. The van der Waals surface area contributed by atoms with Crippen molar-refractivity contribution in [3.63, 3.8) is 0 Å². The van der Waals surface area contributed by atoms with E-state index in [-0.39, 0.29) is 6.61 Å². The maximum atomic E-state index is 9.07. The number of aliphatic hydroxyl groups is 1. The molecule has 0 unspecified atom stereocenters. The fourth-order valence-corrected chi connectivity index (χ4v) is 2.30. The van der Waals surface area contributed by atoms with Gasteiger partial charge in [0.05, 0.1) is 12.3 Å². The predicted molar refractivity (Wildman–Crippen MR) is 63.1 cm³/mol. The van der Waals surface area contributed by atoms with Crippen LogP contribution in [0.25, 0.3) is 0 Å². The highest BCUT2D eigenvalue weighted by Crippen LogP contribution is 2.28. The molecule has 1 aliphatic carbocycles. The second-order valence-corrected chi connectivity index (χ2v) is 4.46. The van der Waals surface area contributed by atoms with Crippen LogP contribution in [0.1, 0.15) is 25.7 Å². The normalized spacial score (nSPS) is 25.4. The van der Waals surface area contributed by atoms with E-state index in [4.69, 9.17) is 17.3 Å². The van der Waals surface area contributed by atoms with E-state index in [0.29, 0.717) is 11.0 Å². The van der Waals surface area contributed by atoms with Gasteiger partial charge in [0.25, 0.3) is 0 Å². The summed E-state index contributed by atoms with van der Waals surface area (Å²) in [6, 6.07) is 0. The van der Waals surface area contributed by atoms with Gasteiger partial charge in [0, 0.05) is 6.20 Å². The van der Waals surface area contributed by atoms with Gasteiger partial charge in [0.1, 0.15) is 0 Å². The molecule has 1 radical (unpaired) electrons. The monoisotopic (exact) mass is 223 g/mol. The SMILES string of the molecule is OCC1=CCC[C@H](CC2=CNC(=S)[N]2)C1. The summed E-state index contributed by atoms with van der Waals surface area (Å²) >= 11 is 4.93. The van der Waals surface area contributed by atoms with Crippen LogP contribution in [0, 0.1) is 5.92 Å². The molecule has 0 spiro atoms. The van der Waals surface area contributed by atoms with Gasteiger partial charge in [-0.05, 0) is 49.4 Å². The first kappa shape index (κ1) is 10.6. The van der Waals surface area contributed by atoms with E-state index in [2.05, 4.69) is 16.7 Å². The number of hydrogen-bond acceptors (Lipinski definition) is 2. The molecule has 1 heterocycles. The number of hydrogen-bond donors (Lipinski definition) is 2. The molecule has 1 aliphatic heterocycles. The second kappa shape index (κ2) is 4.77. The van der Waals surface area contributed by atoms with Crippen molar-refractivity contribution in [3.05, 3.63) is 23.5 Å². The Labute approximate surface area is 95.3 Å². The molecular weight excluding hydrogens is 208 g/mol. The summed E-state index contributed by atoms with van der Waals surface area (Å²) in [6.45, 7) is 0.198. The molecule has 2 rings (SSSR count). The number of rotatable bonds is 3. The Bertz CT molecular complexity index is 323. The van der Waals surface area contributed by atoms with E-state index < -0.39 is 0 Å². The largest absolute Gasteiger partial charge is 0.392 e. The zero-order valence-electron chi connectivity index (χ0n) is 8.57. The fourth-order valence-electron chi connectivity index (χ4n) is 2.12. The van der Waals surface area contributed by atoms with E-state index in [1.54, 1.807) is 0 Å². The first-order valence-corrected chi connectivity index (χ1v) is 5.69. The summed E-state index contributed by atoms with van der Waals surface area (Å²) in [5, 5.41) is 16.8. The van der Waals surface area contributed by atoms with Crippen molar-refractivity contribution < 1.29 is 5.11 Å². The smallest absolute Gasteiger partial charge is 0.197 e. The Kier molecular flexibility index (Phi) is 3.38. The highest BCUT2D eigenvalue weighted by atomic mass is 32.1. The van der Waals surface area contributed by atoms with Crippen LogP contribution in [-0.2, 0) is 0 Å². The molecule has 1 atom stereocenters. The van der Waals surface area contributed by atoms with Crippen molar-refractivity contribution in [1.82, 2.24) is 10.6 Å². The Morgan fingerprint density at radius 1 is 1.60 bits per heavy atom. The highest BCUT2D eigenvalue weighted by molar-refractivity contribution is 7.80. The molecule has 0 saturated carbocycles. The average molecular weight is 223 g/mol. The quantitative estimate of drug-likeness (QED) is 0.562. The average Bonchev–Trinajstić information content (AvgIpc) is 2.64. The van der Waals surface area contributed by atoms with Crippen molar-refractivity contribution in [1.29, 1.82) is 0 Å². The molecule has 0 bridgehead atoms. The van der Waals surface area contributed by atoms with Gasteiger partial charge in [-0.2, -0.15) is 0 Å². The van der Waals surface area contributed by atoms with E-state index in [1.807, 2.05) is 6.20 Å². The standard InChI is InChI=1S/C11H15N2OS/c14-7-9-3-1-2-8(4-9)5-10-6-12-11(15)13-10/h3,6,8,14H,1-2,4-5,7H2,(H,12,15)/t8-/m0/s1. The lowest BCUT2D eigenvalue weighted by atomic mass is 9.86. The van der Waals surface area contributed by atoms with E-state index in [1.165, 1.54) is 12.0 Å². The van der Waals surface area contributed by atoms with E-state index in [9.17, 15) is 0 Å². The molecule has 3 nitrogen and oxygen atoms in total. The summed E-state index contributed by atoms with van der Waals surface area (Å²) in [5.41, 5.74) is 2.21. The summed E-state index contributed by atoms with van der Waals surface area (Å²) in [6.07, 6.45) is 8.26. The third kappa shape index (κ3) is 2.79. The van der Waals surface area contributed by atoms with Crippen LogP contribution >= 0.6 is 12.2 Å². The minimum Gasteiger partial charge on any atom is -0.392 e. The van der Waals surface area contributed by atoms with Gasteiger partial charge in [-0.15, -0.1) is 0 Å². The van der Waals surface area contributed by atoms with Crippen molar-refractivity contribution in [2.24, 2.45) is 5.92 Å². The van der Waals surface area contributed by atoms with Gasteiger partial charge in [-0.1, -0.05) is 6.08 Å². The van der Waals surface area contributed by atoms with Crippen molar-refractivity contribution in [2.45, 2.75) is 25.7 Å². The summed E-state index contributed by atoms with van der Waals surface area (Å²) < 4.78 is 0. The third-order valence-electron chi connectivity index (χ3n) is 2.87. The molecule has 2 N–H and O–H groups in total. The number of nitrogens with one attached hydrogen (secondary N) is 1. The molecule has 0 aromatic rings. The molecule has 0 aromatic carbocycles. The topological polar surface area (TPSA) is 46.4 Å². The summed E-state index contributed by atoms with van der Waals surface area (Å²) in [4.78, 5) is 0. The van der Waals surface area contributed by atoms with Gasteiger partial charge in [0.15, 0.2) is 5.11 Å². The number of thiocarbonyl (C=S) groups is 1. The Morgan fingerprint density at radius 3 is 3.13 bits per heavy atom. The lowest BCUT2D eigenvalue weighted by molar-refractivity contribution is 0.310. The van der Waals surface area contributed by atoms with Crippen LogP contribution in [0.15, 0.2) is 23.5 Å². The molecule has 4 heteroatoms. The third-order valence-corrected chi connectivity index (χ3v) is 3.08. The first-order chi connectivity index (χ1) is 7.28. The Hall–Kier alpha value is -0.870. The molecular formula is C11H15N2OS. The Morgan fingerprint density at radius 2 is 2.47 bits per heavy atom. The van der Waals surface area contributed by atoms with Crippen LogP contribution in [0.2, 0.25) is 0 Å². The van der Waals surface area contributed by atoms with Crippen LogP contribution < -0.4 is 10.6 Å². The lowest BCUT2D eigenvalue weighted by Crippen LogP contribution is -2.17. The zero-order chi connectivity index (χ0) is 10.7. The maximum Gasteiger partial charge on any atom is 0.197 e. The second-order valence-electron chi connectivity index (χ2n) is 4.07. The molecule has 0 fully saturated rings.